The second-order valence-corrected chi connectivity index (χ2v) is 8.92. The molecule has 2 N–H and O–H groups in total. The number of amides is 3. The fraction of sp³-hybridized carbons (Fsp3) is 0.292. The topological polar surface area (TPSA) is 123 Å². The smallest absolute Gasteiger partial charge is 0.337 e. The van der Waals surface area contributed by atoms with Crippen molar-refractivity contribution < 1.29 is 23.9 Å². The van der Waals surface area contributed by atoms with E-state index in [0.717, 1.165) is 17.8 Å². The molecule has 0 radical (unpaired) electrons. The normalized spacial score (nSPS) is 15.3. The molecule has 2 aromatic carbocycles. The highest BCUT2D eigenvalue weighted by Gasteiger charge is 2.28. The molecule has 11 heteroatoms. The first-order valence-corrected chi connectivity index (χ1v) is 11.8. The molecule has 10 nitrogen and oxygen atoms in total. The van der Waals surface area contributed by atoms with E-state index >= 15 is 0 Å². The maximum absolute atomic E-state index is 12.9. The molecule has 0 aliphatic carbocycles. The van der Waals surface area contributed by atoms with E-state index in [2.05, 4.69) is 20.8 Å². The fourth-order valence-electron chi connectivity index (χ4n) is 3.76. The number of esters is 1. The molecule has 1 atom stereocenters. The molecule has 3 aromatic rings. The molecule has 4 rings (SSSR count). The van der Waals surface area contributed by atoms with Crippen LogP contribution in [0.5, 0.6) is 5.75 Å². The summed E-state index contributed by atoms with van der Waals surface area (Å²) in [5.74, 6) is -0.128. The number of benzene rings is 2. The molecule has 0 unspecified atom stereocenters. The maximum atomic E-state index is 12.9. The predicted octanol–water partition coefficient (Wildman–Crippen LogP) is 4.00. The maximum Gasteiger partial charge on any atom is 0.337 e. The minimum atomic E-state index is -0.470. The van der Waals surface area contributed by atoms with Crippen molar-refractivity contribution in [3.05, 3.63) is 64.1 Å². The number of nitrogens with zero attached hydrogens (tertiary/aromatic N) is 3. The van der Waals surface area contributed by atoms with Crippen molar-refractivity contribution in [2.75, 3.05) is 37.9 Å². The second kappa shape index (κ2) is 11.0. The van der Waals surface area contributed by atoms with Gasteiger partial charge in [0.2, 0.25) is 5.01 Å². The molecule has 1 aliphatic rings. The van der Waals surface area contributed by atoms with Crippen LogP contribution in [0.2, 0.25) is 0 Å². The second-order valence-electron chi connectivity index (χ2n) is 7.92. The van der Waals surface area contributed by atoms with Gasteiger partial charge in [0.15, 0.2) is 0 Å². The lowest BCUT2D eigenvalue weighted by Gasteiger charge is -2.31. The molecule has 1 aliphatic heterocycles. The van der Waals surface area contributed by atoms with Crippen LogP contribution in [0.25, 0.3) is 0 Å². The van der Waals surface area contributed by atoms with Gasteiger partial charge in [-0.15, -0.1) is 10.2 Å². The number of rotatable bonds is 6. The quantitative estimate of drug-likeness (QED) is 0.496. The van der Waals surface area contributed by atoms with Gasteiger partial charge in [0.1, 0.15) is 10.8 Å². The van der Waals surface area contributed by atoms with Crippen molar-refractivity contribution in [2.45, 2.75) is 18.8 Å². The Morgan fingerprint density at radius 3 is 2.57 bits per heavy atom. The lowest BCUT2D eigenvalue weighted by Crippen LogP contribution is -2.41. The van der Waals surface area contributed by atoms with Gasteiger partial charge in [0, 0.05) is 30.4 Å². The Bertz CT molecular complexity index is 1210. The van der Waals surface area contributed by atoms with Crippen molar-refractivity contribution in [2.24, 2.45) is 0 Å². The summed E-state index contributed by atoms with van der Waals surface area (Å²) in [7, 11) is 2.89. The molecule has 182 valence electrons. The van der Waals surface area contributed by atoms with Crippen LogP contribution >= 0.6 is 11.3 Å². The Labute approximate surface area is 206 Å². The van der Waals surface area contributed by atoms with Gasteiger partial charge in [-0.1, -0.05) is 17.4 Å². The van der Waals surface area contributed by atoms with Gasteiger partial charge in [-0.2, -0.15) is 0 Å². The van der Waals surface area contributed by atoms with Crippen LogP contribution in [-0.2, 0) is 4.74 Å². The van der Waals surface area contributed by atoms with E-state index in [-0.39, 0.29) is 22.9 Å². The van der Waals surface area contributed by atoms with Gasteiger partial charge < -0.3 is 25.0 Å². The Morgan fingerprint density at radius 2 is 1.83 bits per heavy atom. The van der Waals surface area contributed by atoms with Crippen LogP contribution in [0.3, 0.4) is 0 Å². The third kappa shape index (κ3) is 5.93. The summed E-state index contributed by atoms with van der Waals surface area (Å²) in [5.41, 5.74) is 1.49. The number of hydrogen-bond acceptors (Lipinski definition) is 8. The number of carbonyl (C=O) groups is 3. The molecule has 0 saturated carbocycles. The first-order valence-electron chi connectivity index (χ1n) is 11.0. The van der Waals surface area contributed by atoms with E-state index in [4.69, 9.17) is 9.47 Å². The summed E-state index contributed by atoms with van der Waals surface area (Å²) >= 11 is 1.23. The molecule has 2 heterocycles. The number of urea groups is 1. The van der Waals surface area contributed by atoms with Crippen molar-refractivity contribution in [3.63, 3.8) is 0 Å². The molecular weight excluding hydrogens is 470 g/mol. The largest absolute Gasteiger partial charge is 0.497 e. The van der Waals surface area contributed by atoms with Gasteiger partial charge in [0.25, 0.3) is 5.91 Å². The van der Waals surface area contributed by atoms with E-state index in [0.29, 0.717) is 35.8 Å². The molecule has 1 aromatic heterocycles. The lowest BCUT2D eigenvalue weighted by atomic mass is 9.99. The summed E-state index contributed by atoms with van der Waals surface area (Å²) in [5, 5.41) is 14.9. The number of carbonyl (C=O) groups excluding carboxylic acids is 3. The Kier molecular flexibility index (Phi) is 7.56. The number of methoxy groups -OCH3 is 2. The van der Waals surface area contributed by atoms with Crippen LogP contribution in [0.15, 0.2) is 48.5 Å². The number of piperidine rings is 1. The predicted molar refractivity (Wildman–Crippen MR) is 131 cm³/mol. The van der Waals surface area contributed by atoms with E-state index in [1.54, 1.807) is 60.5 Å². The minimum Gasteiger partial charge on any atom is -0.497 e. The third-order valence-corrected chi connectivity index (χ3v) is 6.66. The van der Waals surface area contributed by atoms with Gasteiger partial charge in [-0.3, -0.25) is 4.79 Å². The number of hydrogen-bond donors (Lipinski definition) is 2. The Hall–Kier alpha value is -3.99. The zero-order valence-electron chi connectivity index (χ0n) is 19.3. The number of aromatic nitrogens is 2. The number of likely N-dealkylation sites (tertiary alicyclic amines) is 1. The zero-order chi connectivity index (χ0) is 24.8. The van der Waals surface area contributed by atoms with Crippen LogP contribution in [0.1, 0.15) is 43.9 Å². The highest BCUT2D eigenvalue weighted by atomic mass is 32.1. The molecule has 35 heavy (non-hydrogen) atoms. The summed E-state index contributed by atoms with van der Waals surface area (Å²) < 4.78 is 9.85. The van der Waals surface area contributed by atoms with Crippen LogP contribution in [-0.4, -0.2) is 60.3 Å². The summed E-state index contributed by atoms with van der Waals surface area (Å²) in [6.07, 6.45) is 1.64. The molecule has 1 saturated heterocycles. The van der Waals surface area contributed by atoms with Gasteiger partial charge in [-0.25, -0.2) is 9.59 Å². The molecule has 1 fully saturated rings. The molecule has 0 spiro atoms. The highest BCUT2D eigenvalue weighted by molar-refractivity contribution is 7.13. The Morgan fingerprint density at radius 1 is 1.03 bits per heavy atom. The van der Waals surface area contributed by atoms with Crippen molar-refractivity contribution in [1.82, 2.24) is 15.1 Å². The zero-order valence-corrected chi connectivity index (χ0v) is 20.1. The molecule has 3 amide bonds. The SMILES string of the molecule is COC(=O)c1cccc(NC(=O)N2CCC[C@@H](c3nnc(C(=O)Nc4ccc(OC)cc4)s3)C2)c1. The molecular formula is C24H25N5O5S. The Balaban J connectivity index is 1.37. The van der Waals surface area contributed by atoms with Crippen LogP contribution in [0, 0.1) is 0 Å². The standard InChI is InChI=1S/C24H25N5O5S/c1-33-19-10-8-17(9-11-19)25-20(30)22-28-27-21(35-22)16-6-4-12-29(14-16)24(32)26-18-7-3-5-15(13-18)23(31)34-2/h3,5,7-11,13,16H,4,6,12,14H2,1-2H3,(H,25,30)(H,26,32)/t16-/m1/s1. The first-order chi connectivity index (χ1) is 17.0. The minimum absolute atomic E-state index is 0.0176. The highest BCUT2D eigenvalue weighted by Crippen LogP contribution is 2.30. The third-order valence-electron chi connectivity index (χ3n) is 5.58. The average Bonchev–Trinajstić information content (AvgIpc) is 3.39. The molecule has 0 bridgehead atoms. The van der Waals surface area contributed by atoms with E-state index in [1.165, 1.54) is 18.4 Å². The number of ether oxygens (including phenoxy) is 2. The number of anilines is 2. The van der Waals surface area contributed by atoms with Crippen LogP contribution in [0.4, 0.5) is 16.2 Å². The van der Waals surface area contributed by atoms with Crippen LogP contribution < -0.4 is 15.4 Å². The van der Waals surface area contributed by atoms with Crippen molar-refractivity contribution in [1.29, 1.82) is 0 Å². The fourth-order valence-corrected chi connectivity index (χ4v) is 4.62. The van der Waals surface area contributed by atoms with Gasteiger partial charge in [-0.05, 0) is 55.3 Å². The summed E-state index contributed by atoms with van der Waals surface area (Å²) in [4.78, 5) is 38.9. The van der Waals surface area contributed by atoms with E-state index in [9.17, 15) is 14.4 Å². The number of nitrogens with one attached hydrogen (secondary N) is 2. The van der Waals surface area contributed by atoms with Gasteiger partial charge >= 0.3 is 12.0 Å². The monoisotopic (exact) mass is 495 g/mol. The average molecular weight is 496 g/mol. The van der Waals surface area contributed by atoms with E-state index < -0.39 is 5.97 Å². The first kappa shape index (κ1) is 24.1. The van der Waals surface area contributed by atoms with Crippen molar-refractivity contribution >= 4 is 40.6 Å². The lowest BCUT2D eigenvalue weighted by molar-refractivity contribution is 0.0600. The van der Waals surface area contributed by atoms with Gasteiger partial charge in [0.05, 0.1) is 19.8 Å². The van der Waals surface area contributed by atoms with Crippen molar-refractivity contribution in [3.8, 4) is 5.75 Å². The van der Waals surface area contributed by atoms with E-state index in [1.807, 2.05) is 0 Å². The summed E-state index contributed by atoms with van der Waals surface area (Å²) in [6, 6.07) is 13.3. The summed E-state index contributed by atoms with van der Waals surface area (Å²) in [6.45, 7) is 1.06.